The van der Waals surface area contributed by atoms with E-state index in [-0.39, 0.29) is 11.9 Å². The summed E-state index contributed by atoms with van der Waals surface area (Å²) in [5, 5.41) is 1.99. The van der Waals surface area contributed by atoms with Gasteiger partial charge < -0.3 is 4.74 Å². The fourth-order valence-electron chi connectivity index (χ4n) is 1.69. The summed E-state index contributed by atoms with van der Waals surface area (Å²) >= 11 is 0. The molecular formula is C16H16O2. The molecule has 0 aliphatic heterocycles. The van der Waals surface area contributed by atoms with Crippen molar-refractivity contribution in [3.05, 3.63) is 54.6 Å². The molecule has 0 unspecified atom stereocenters. The number of ether oxygens (including phenoxy) is 1. The Balaban J connectivity index is 2.33. The van der Waals surface area contributed by atoms with Gasteiger partial charge in [0.2, 0.25) is 0 Å². The summed E-state index contributed by atoms with van der Waals surface area (Å²) in [4.78, 5) is 11.9. The first-order chi connectivity index (χ1) is 8.59. The number of carbonyl (C=O) groups is 1. The van der Waals surface area contributed by atoms with Gasteiger partial charge in [0, 0.05) is 11.0 Å². The number of hydrogen-bond acceptors (Lipinski definition) is 2. The minimum atomic E-state index is -0.360. The maximum absolute atomic E-state index is 11.9. The Morgan fingerprint density at radius 3 is 2.50 bits per heavy atom. The summed E-state index contributed by atoms with van der Waals surface area (Å²) in [6.07, 6.45) is 0. The lowest BCUT2D eigenvalue weighted by Gasteiger charge is -2.11. The van der Waals surface area contributed by atoms with Gasteiger partial charge in [-0.2, -0.15) is 0 Å². The van der Waals surface area contributed by atoms with Gasteiger partial charge in [-0.25, -0.2) is 4.79 Å². The maximum Gasteiger partial charge on any atom is 0.339 e. The predicted octanol–water partition coefficient (Wildman–Crippen LogP) is 3.96. The van der Waals surface area contributed by atoms with Crippen LogP contribution in [-0.2, 0) is 4.79 Å². The van der Waals surface area contributed by atoms with Crippen LogP contribution in [0.1, 0.15) is 13.8 Å². The monoisotopic (exact) mass is 240 g/mol. The highest BCUT2D eigenvalue weighted by atomic mass is 16.5. The highest BCUT2D eigenvalue weighted by Gasteiger charge is 2.14. The van der Waals surface area contributed by atoms with Crippen molar-refractivity contribution >= 4 is 16.7 Å². The predicted molar refractivity (Wildman–Crippen MR) is 73.6 cm³/mol. The highest BCUT2D eigenvalue weighted by Crippen LogP contribution is 2.26. The van der Waals surface area contributed by atoms with E-state index in [0.29, 0.717) is 11.3 Å². The van der Waals surface area contributed by atoms with Gasteiger partial charge in [0.15, 0.2) is 0 Å². The Hall–Kier alpha value is -2.09. The Bertz CT molecular complexity index is 592. The molecule has 0 aliphatic carbocycles. The molecule has 2 aromatic rings. The molecule has 18 heavy (non-hydrogen) atoms. The second-order valence-electron chi connectivity index (χ2n) is 4.55. The Labute approximate surface area is 107 Å². The van der Waals surface area contributed by atoms with E-state index in [1.807, 2.05) is 50.2 Å². The molecular weight excluding hydrogens is 224 g/mol. The summed E-state index contributed by atoms with van der Waals surface area (Å²) in [5.41, 5.74) is 0.489. The topological polar surface area (TPSA) is 26.3 Å². The van der Waals surface area contributed by atoms with Crippen LogP contribution in [0.25, 0.3) is 10.8 Å². The average molecular weight is 240 g/mol. The van der Waals surface area contributed by atoms with Gasteiger partial charge in [0.25, 0.3) is 0 Å². The third kappa shape index (κ3) is 2.43. The largest absolute Gasteiger partial charge is 0.423 e. The summed E-state index contributed by atoms with van der Waals surface area (Å²) < 4.78 is 5.41. The molecule has 0 aromatic heterocycles. The van der Waals surface area contributed by atoms with Crippen LogP contribution in [0.2, 0.25) is 0 Å². The minimum absolute atomic E-state index is 0.0903. The van der Waals surface area contributed by atoms with Crippen LogP contribution in [0, 0.1) is 5.92 Å². The lowest BCUT2D eigenvalue weighted by Crippen LogP contribution is -2.14. The number of benzene rings is 2. The number of hydrogen-bond donors (Lipinski definition) is 0. The van der Waals surface area contributed by atoms with E-state index in [2.05, 4.69) is 6.58 Å². The second-order valence-corrected chi connectivity index (χ2v) is 4.55. The van der Waals surface area contributed by atoms with Crippen LogP contribution in [0.5, 0.6) is 5.75 Å². The van der Waals surface area contributed by atoms with Gasteiger partial charge in [-0.15, -0.1) is 0 Å². The molecule has 0 bridgehead atoms. The lowest BCUT2D eigenvalue weighted by atomic mass is 10.1. The van der Waals surface area contributed by atoms with Crippen LogP contribution in [0.4, 0.5) is 0 Å². The quantitative estimate of drug-likeness (QED) is 0.461. The zero-order chi connectivity index (χ0) is 13.1. The van der Waals surface area contributed by atoms with E-state index in [1.165, 1.54) is 0 Å². The molecule has 0 spiro atoms. The number of fused-ring (bicyclic) bond motifs is 1. The van der Waals surface area contributed by atoms with Crippen molar-refractivity contribution in [2.75, 3.05) is 0 Å². The van der Waals surface area contributed by atoms with Crippen molar-refractivity contribution in [3.63, 3.8) is 0 Å². The Kier molecular flexibility index (Phi) is 3.47. The van der Waals surface area contributed by atoms with Crippen LogP contribution in [0.3, 0.4) is 0 Å². The molecule has 0 aliphatic rings. The third-order valence-electron chi connectivity index (χ3n) is 2.91. The van der Waals surface area contributed by atoms with Gasteiger partial charge in [0.05, 0.1) is 0 Å². The molecule has 2 nitrogen and oxygen atoms in total. The lowest BCUT2D eigenvalue weighted by molar-refractivity contribution is -0.130. The molecule has 0 N–H and O–H groups in total. The summed E-state index contributed by atoms with van der Waals surface area (Å²) in [6, 6.07) is 13.5. The smallest absolute Gasteiger partial charge is 0.339 e. The zero-order valence-electron chi connectivity index (χ0n) is 10.6. The summed E-state index contributed by atoms with van der Waals surface area (Å²) in [5.74, 6) is 0.314. The average Bonchev–Trinajstić information content (AvgIpc) is 2.38. The molecule has 2 rings (SSSR count). The first kappa shape index (κ1) is 12.4. The van der Waals surface area contributed by atoms with Gasteiger partial charge in [-0.1, -0.05) is 56.8 Å². The van der Waals surface area contributed by atoms with E-state index in [4.69, 9.17) is 4.74 Å². The molecule has 0 fully saturated rings. The van der Waals surface area contributed by atoms with Crippen molar-refractivity contribution in [2.24, 2.45) is 5.92 Å². The standard InChI is InChI=1S/C16H16O2/c1-11(2)12(3)16(17)18-15-10-6-8-13-7-4-5-9-14(13)15/h4-11H,3H2,1-2H3. The Morgan fingerprint density at radius 1 is 1.11 bits per heavy atom. The van der Waals surface area contributed by atoms with Gasteiger partial charge in [0.1, 0.15) is 5.75 Å². The van der Waals surface area contributed by atoms with Crippen molar-refractivity contribution < 1.29 is 9.53 Å². The number of carbonyl (C=O) groups excluding carboxylic acids is 1. The van der Waals surface area contributed by atoms with Crippen molar-refractivity contribution in [1.82, 2.24) is 0 Å². The first-order valence-corrected chi connectivity index (χ1v) is 5.98. The first-order valence-electron chi connectivity index (χ1n) is 5.98. The van der Waals surface area contributed by atoms with Crippen molar-refractivity contribution in [3.8, 4) is 5.75 Å². The van der Waals surface area contributed by atoms with Crippen LogP contribution in [0.15, 0.2) is 54.6 Å². The summed E-state index contributed by atoms with van der Waals surface area (Å²) in [6.45, 7) is 7.60. The molecule has 2 heteroatoms. The fraction of sp³-hybridized carbons (Fsp3) is 0.188. The molecule has 2 aromatic carbocycles. The van der Waals surface area contributed by atoms with E-state index >= 15 is 0 Å². The van der Waals surface area contributed by atoms with E-state index in [1.54, 1.807) is 6.07 Å². The second kappa shape index (κ2) is 5.05. The van der Waals surface area contributed by atoms with Crippen LogP contribution < -0.4 is 4.74 Å². The third-order valence-corrected chi connectivity index (χ3v) is 2.91. The van der Waals surface area contributed by atoms with Gasteiger partial charge >= 0.3 is 5.97 Å². The Morgan fingerprint density at radius 2 is 1.78 bits per heavy atom. The van der Waals surface area contributed by atoms with Gasteiger partial charge in [-0.05, 0) is 17.4 Å². The molecule has 0 radical (unpaired) electrons. The molecule has 0 saturated carbocycles. The highest BCUT2D eigenvalue weighted by molar-refractivity contribution is 5.94. The zero-order valence-corrected chi connectivity index (χ0v) is 10.6. The van der Waals surface area contributed by atoms with Crippen molar-refractivity contribution in [1.29, 1.82) is 0 Å². The summed E-state index contributed by atoms with van der Waals surface area (Å²) in [7, 11) is 0. The minimum Gasteiger partial charge on any atom is -0.423 e. The van der Waals surface area contributed by atoms with Crippen molar-refractivity contribution in [2.45, 2.75) is 13.8 Å². The van der Waals surface area contributed by atoms with E-state index < -0.39 is 0 Å². The maximum atomic E-state index is 11.9. The van der Waals surface area contributed by atoms with Crippen LogP contribution in [-0.4, -0.2) is 5.97 Å². The SMILES string of the molecule is C=C(C(=O)Oc1cccc2ccccc12)C(C)C. The molecule has 92 valence electrons. The molecule has 0 atom stereocenters. The van der Waals surface area contributed by atoms with Gasteiger partial charge in [-0.3, -0.25) is 0 Å². The molecule has 0 heterocycles. The molecule has 0 saturated heterocycles. The van der Waals surface area contributed by atoms with Crippen LogP contribution >= 0.6 is 0 Å². The number of rotatable bonds is 3. The normalized spacial score (nSPS) is 10.6. The van der Waals surface area contributed by atoms with E-state index in [9.17, 15) is 4.79 Å². The number of esters is 1. The van der Waals surface area contributed by atoms with E-state index in [0.717, 1.165) is 10.8 Å². The molecule has 0 amide bonds. The fourth-order valence-corrected chi connectivity index (χ4v) is 1.69.